The molecule has 0 aromatic rings. The highest BCUT2D eigenvalue weighted by Crippen LogP contribution is 2.15. The molecule has 0 rings (SSSR count). The summed E-state index contributed by atoms with van der Waals surface area (Å²) in [5, 5.41) is 0. The summed E-state index contributed by atoms with van der Waals surface area (Å²) in [5.41, 5.74) is 0. The first kappa shape index (κ1) is 15.9. The van der Waals surface area contributed by atoms with Crippen LogP contribution in [-0.4, -0.2) is 54.3 Å². The van der Waals surface area contributed by atoms with Crippen LogP contribution in [0.1, 0.15) is 27.2 Å². The lowest BCUT2D eigenvalue weighted by Gasteiger charge is -2.27. The van der Waals surface area contributed by atoms with Crippen LogP contribution < -0.4 is 0 Å². The van der Waals surface area contributed by atoms with Gasteiger partial charge in [0.2, 0.25) is 5.91 Å². The Morgan fingerprint density at radius 1 is 1.19 bits per heavy atom. The zero-order chi connectivity index (χ0) is 12.7. The van der Waals surface area contributed by atoms with Gasteiger partial charge in [-0.1, -0.05) is 36.7 Å². The van der Waals surface area contributed by atoms with Crippen LogP contribution in [0, 0.1) is 5.92 Å². The Labute approximate surface area is 108 Å². The van der Waals surface area contributed by atoms with Crippen molar-refractivity contribution in [3.8, 4) is 0 Å². The van der Waals surface area contributed by atoms with Crippen LogP contribution >= 0.6 is 15.9 Å². The number of halogens is 1. The molecule has 0 heterocycles. The van der Waals surface area contributed by atoms with Gasteiger partial charge in [0, 0.05) is 19.6 Å². The van der Waals surface area contributed by atoms with Gasteiger partial charge in [0.05, 0.1) is 4.83 Å². The second kappa shape index (κ2) is 8.07. The van der Waals surface area contributed by atoms with Crippen molar-refractivity contribution in [2.75, 3.05) is 33.7 Å². The van der Waals surface area contributed by atoms with Gasteiger partial charge in [-0.2, -0.15) is 0 Å². The quantitative estimate of drug-likeness (QED) is 0.672. The van der Waals surface area contributed by atoms with Crippen molar-refractivity contribution in [1.82, 2.24) is 9.80 Å². The van der Waals surface area contributed by atoms with E-state index >= 15 is 0 Å². The normalized spacial score (nSPS) is 13.2. The molecule has 0 aromatic heterocycles. The molecule has 1 unspecified atom stereocenters. The summed E-state index contributed by atoms with van der Waals surface area (Å²) in [4.78, 5) is 16.2. The molecule has 0 saturated heterocycles. The number of amides is 1. The van der Waals surface area contributed by atoms with Crippen LogP contribution in [0.4, 0.5) is 0 Å². The van der Waals surface area contributed by atoms with Gasteiger partial charge in [-0.05, 0) is 26.4 Å². The van der Waals surface area contributed by atoms with Crippen molar-refractivity contribution < 1.29 is 4.79 Å². The Balaban J connectivity index is 4.33. The molecule has 96 valence electrons. The van der Waals surface area contributed by atoms with E-state index in [2.05, 4.69) is 41.6 Å². The van der Waals surface area contributed by atoms with E-state index in [0.29, 0.717) is 5.92 Å². The van der Waals surface area contributed by atoms with E-state index in [1.807, 2.05) is 19.0 Å². The third kappa shape index (κ3) is 5.85. The molecule has 0 aliphatic carbocycles. The summed E-state index contributed by atoms with van der Waals surface area (Å²) in [5.74, 6) is 0.560. The lowest BCUT2D eigenvalue weighted by Crippen LogP contribution is -2.42. The Morgan fingerprint density at radius 3 is 2.12 bits per heavy atom. The number of rotatable bonds is 7. The van der Waals surface area contributed by atoms with Crippen molar-refractivity contribution in [3.63, 3.8) is 0 Å². The average molecular weight is 293 g/mol. The van der Waals surface area contributed by atoms with Gasteiger partial charge in [-0.3, -0.25) is 4.79 Å². The topological polar surface area (TPSA) is 23.6 Å². The minimum atomic E-state index is -0.0544. The Morgan fingerprint density at radius 2 is 1.75 bits per heavy atom. The molecular formula is C12H25BrN2O. The minimum Gasteiger partial charge on any atom is -0.340 e. The molecule has 0 N–H and O–H groups in total. The molecule has 0 saturated carbocycles. The zero-order valence-electron chi connectivity index (χ0n) is 11.2. The summed E-state index contributed by atoms with van der Waals surface area (Å²) in [6.45, 7) is 8.81. The highest BCUT2D eigenvalue weighted by molar-refractivity contribution is 9.10. The van der Waals surface area contributed by atoms with Crippen LogP contribution in [0.5, 0.6) is 0 Å². The van der Waals surface area contributed by atoms with Gasteiger partial charge in [0.1, 0.15) is 0 Å². The summed E-state index contributed by atoms with van der Waals surface area (Å²) in [6, 6.07) is 0. The lowest BCUT2D eigenvalue weighted by atomic mass is 10.1. The maximum Gasteiger partial charge on any atom is 0.236 e. The van der Waals surface area contributed by atoms with Crippen LogP contribution in [-0.2, 0) is 4.79 Å². The van der Waals surface area contributed by atoms with Crippen molar-refractivity contribution in [3.05, 3.63) is 0 Å². The molecule has 3 nitrogen and oxygen atoms in total. The van der Waals surface area contributed by atoms with Crippen molar-refractivity contribution in [1.29, 1.82) is 0 Å². The monoisotopic (exact) mass is 292 g/mol. The largest absolute Gasteiger partial charge is 0.340 e. The van der Waals surface area contributed by atoms with Crippen LogP contribution in [0.3, 0.4) is 0 Å². The van der Waals surface area contributed by atoms with E-state index in [-0.39, 0.29) is 10.7 Å². The highest BCUT2D eigenvalue weighted by atomic mass is 79.9. The van der Waals surface area contributed by atoms with Crippen molar-refractivity contribution in [2.24, 2.45) is 5.92 Å². The molecule has 0 aliphatic heterocycles. The van der Waals surface area contributed by atoms with Gasteiger partial charge in [-0.15, -0.1) is 0 Å². The van der Waals surface area contributed by atoms with Gasteiger partial charge in [0.25, 0.3) is 0 Å². The number of alkyl halides is 1. The number of carbonyl (C=O) groups excluding carboxylic acids is 1. The highest BCUT2D eigenvalue weighted by Gasteiger charge is 2.23. The Kier molecular flexibility index (Phi) is 8.02. The molecule has 1 amide bonds. The van der Waals surface area contributed by atoms with Gasteiger partial charge >= 0.3 is 0 Å². The van der Waals surface area contributed by atoms with E-state index in [1.54, 1.807) is 0 Å². The van der Waals surface area contributed by atoms with Gasteiger partial charge in [0.15, 0.2) is 0 Å². The van der Waals surface area contributed by atoms with E-state index in [9.17, 15) is 4.79 Å². The maximum absolute atomic E-state index is 12.1. The van der Waals surface area contributed by atoms with Crippen LogP contribution in [0.25, 0.3) is 0 Å². The molecule has 0 aromatic carbocycles. The third-order valence-corrected chi connectivity index (χ3v) is 3.89. The Bertz CT molecular complexity index is 207. The minimum absolute atomic E-state index is 0.0544. The lowest BCUT2D eigenvalue weighted by molar-refractivity contribution is -0.131. The Hall–Kier alpha value is -0.0900. The first-order chi connectivity index (χ1) is 7.40. The van der Waals surface area contributed by atoms with E-state index in [4.69, 9.17) is 0 Å². The first-order valence-electron chi connectivity index (χ1n) is 5.97. The number of hydrogen-bond donors (Lipinski definition) is 0. The summed E-state index contributed by atoms with van der Waals surface area (Å²) in [7, 11) is 4.06. The molecule has 4 heteroatoms. The molecule has 0 bridgehead atoms. The second-order valence-electron chi connectivity index (χ2n) is 4.77. The predicted octanol–water partition coefficient (Wildman–Crippen LogP) is 2.21. The zero-order valence-corrected chi connectivity index (χ0v) is 12.7. The van der Waals surface area contributed by atoms with E-state index < -0.39 is 0 Å². The smallest absolute Gasteiger partial charge is 0.236 e. The standard InChI is InChI=1S/C12H25BrN2O/c1-6-7-15(9-8-14(4)5)12(16)11(13)10(2)3/h10-11H,6-9H2,1-5H3. The van der Waals surface area contributed by atoms with Crippen LogP contribution in [0.2, 0.25) is 0 Å². The fraction of sp³-hybridized carbons (Fsp3) is 0.917. The number of hydrogen-bond acceptors (Lipinski definition) is 2. The average Bonchev–Trinajstić information content (AvgIpc) is 2.21. The number of likely N-dealkylation sites (N-methyl/N-ethyl adjacent to an activating group) is 1. The maximum atomic E-state index is 12.1. The second-order valence-corrected chi connectivity index (χ2v) is 5.76. The molecule has 16 heavy (non-hydrogen) atoms. The SMILES string of the molecule is CCCN(CCN(C)C)C(=O)C(Br)C(C)C. The van der Waals surface area contributed by atoms with E-state index in [1.165, 1.54) is 0 Å². The fourth-order valence-corrected chi connectivity index (χ4v) is 1.67. The number of nitrogens with zero attached hydrogens (tertiary/aromatic N) is 2. The van der Waals surface area contributed by atoms with Gasteiger partial charge in [-0.25, -0.2) is 0 Å². The van der Waals surface area contributed by atoms with Crippen LogP contribution in [0.15, 0.2) is 0 Å². The molecule has 0 spiro atoms. The molecule has 0 fully saturated rings. The van der Waals surface area contributed by atoms with E-state index in [0.717, 1.165) is 26.1 Å². The summed E-state index contributed by atoms with van der Waals surface area (Å²) < 4.78 is 0. The summed E-state index contributed by atoms with van der Waals surface area (Å²) >= 11 is 3.48. The van der Waals surface area contributed by atoms with Gasteiger partial charge < -0.3 is 9.80 Å². The molecule has 0 aliphatic rings. The molecule has 0 radical (unpaired) electrons. The third-order valence-electron chi connectivity index (χ3n) is 2.44. The van der Waals surface area contributed by atoms with Crippen molar-refractivity contribution in [2.45, 2.75) is 32.0 Å². The first-order valence-corrected chi connectivity index (χ1v) is 6.89. The number of carbonyl (C=O) groups is 1. The molecule has 1 atom stereocenters. The summed E-state index contributed by atoms with van der Waals surface area (Å²) in [6.07, 6.45) is 1.01. The molecular weight excluding hydrogens is 268 g/mol. The fourth-order valence-electron chi connectivity index (χ4n) is 1.38. The van der Waals surface area contributed by atoms with Crippen molar-refractivity contribution >= 4 is 21.8 Å². The predicted molar refractivity (Wildman–Crippen MR) is 73.0 cm³/mol.